The predicted molar refractivity (Wildman–Crippen MR) is 121 cm³/mol. The standard InChI is InChI=1S/C23H15F3N2O7S/c24-11-2-3-15-10(19(11)26)8-35-17-7-14(12(25)6-16(17)34-5-1-4-33-15)28-21(29)18-13(27-23(28)32)9-36-20(18)22(30)31/h2-3,6-7,9H,1,4-5,8H2,(H,27,32)(H,30,31). The minimum absolute atomic E-state index is 0.00649. The minimum Gasteiger partial charge on any atom is -0.493 e. The van der Waals surface area contributed by atoms with Gasteiger partial charge in [0.25, 0.3) is 5.56 Å². The number of carbonyl (C=O) groups is 1. The molecule has 2 aromatic carbocycles. The maximum atomic E-state index is 15.2. The van der Waals surface area contributed by atoms with Gasteiger partial charge in [-0.3, -0.25) is 4.79 Å². The van der Waals surface area contributed by atoms with Crippen molar-refractivity contribution < 1.29 is 37.3 Å². The summed E-state index contributed by atoms with van der Waals surface area (Å²) in [5.41, 5.74) is -2.87. The molecule has 0 fully saturated rings. The first-order valence-corrected chi connectivity index (χ1v) is 11.3. The summed E-state index contributed by atoms with van der Waals surface area (Å²) in [4.78, 5) is 39.4. The van der Waals surface area contributed by atoms with Gasteiger partial charge in [0.2, 0.25) is 0 Å². The van der Waals surface area contributed by atoms with Gasteiger partial charge in [-0.15, -0.1) is 11.3 Å². The summed E-state index contributed by atoms with van der Waals surface area (Å²) in [5, 5.41) is 10.4. The lowest BCUT2D eigenvalue weighted by atomic mass is 10.2. The van der Waals surface area contributed by atoms with Gasteiger partial charge in [-0.05, 0) is 12.1 Å². The number of benzene rings is 2. The predicted octanol–water partition coefficient (Wildman–Crippen LogP) is 3.60. The van der Waals surface area contributed by atoms with E-state index in [1.807, 2.05) is 0 Å². The zero-order valence-electron chi connectivity index (χ0n) is 18.1. The summed E-state index contributed by atoms with van der Waals surface area (Å²) < 4.78 is 60.6. The molecule has 0 aliphatic carbocycles. The van der Waals surface area contributed by atoms with E-state index in [1.54, 1.807) is 0 Å². The lowest BCUT2D eigenvalue weighted by Gasteiger charge is -2.16. The number of carboxylic acid groups (broad SMARTS) is 1. The normalized spacial score (nSPS) is 13.5. The molecule has 1 aliphatic rings. The molecule has 13 heteroatoms. The Balaban J connectivity index is 1.66. The quantitative estimate of drug-likeness (QED) is 0.415. The van der Waals surface area contributed by atoms with Crippen molar-refractivity contribution in [3.8, 4) is 22.9 Å². The number of rotatable bonds is 2. The van der Waals surface area contributed by atoms with Crippen LogP contribution in [0.3, 0.4) is 0 Å². The van der Waals surface area contributed by atoms with Crippen LogP contribution in [0.25, 0.3) is 16.6 Å². The van der Waals surface area contributed by atoms with E-state index in [0.717, 1.165) is 29.5 Å². The van der Waals surface area contributed by atoms with Crippen molar-refractivity contribution in [1.29, 1.82) is 0 Å². The fourth-order valence-corrected chi connectivity index (χ4v) is 4.58. The van der Waals surface area contributed by atoms with E-state index >= 15 is 4.39 Å². The number of nitrogens with one attached hydrogen (secondary N) is 1. The van der Waals surface area contributed by atoms with Crippen molar-refractivity contribution >= 4 is 28.2 Å². The number of aromatic nitrogens is 2. The third-order valence-corrected chi connectivity index (χ3v) is 6.40. The Bertz CT molecular complexity index is 1640. The van der Waals surface area contributed by atoms with Crippen LogP contribution in [-0.2, 0) is 6.61 Å². The monoisotopic (exact) mass is 520 g/mol. The molecule has 0 spiro atoms. The highest BCUT2D eigenvalue weighted by atomic mass is 32.1. The Morgan fingerprint density at radius 2 is 1.72 bits per heavy atom. The van der Waals surface area contributed by atoms with Gasteiger partial charge in [-0.1, -0.05) is 0 Å². The Morgan fingerprint density at radius 3 is 2.47 bits per heavy atom. The van der Waals surface area contributed by atoms with Gasteiger partial charge in [-0.2, -0.15) is 0 Å². The number of aromatic carboxylic acids is 1. The van der Waals surface area contributed by atoms with Crippen molar-refractivity contribution in [2.24, 2.45) is 0 Å². The van der Waals surface area contributed by atoms with Crippen molar-refractivity contribution in [3.63, 3.8) is 0 Å². The molecule has 1 aliphatic heterocycles. The molecule has 0 unspecified atom stereocenters. The molecule has 3 heterocycles. The molecule has 2 N–H and O–H groups in total. The summed E-state index contributed by atoms with van der Waals surface area (Å²) >= 11 is 0.733. The molecule has 0 saturated heterocycles. The van der Waals surface area contributed by atoms with E-state index in [1.165, 1.54) is 11.4 Å². The summed E-state index contributed by atoms with van der Waals surface area (Å²) in [7, 11) is 0. The van der Waals surface area contributed by atoms with Crippen molar-refractivity contribution in [3.05, 3.63) is 78.4 Å². The number of hydrogen-bond acceptors (Lipinski definition) is 7. The van der Waals surface area contributed by atoms with Crippen LogP contribution < -0.4 is 25.5 Å². The highest BCUT2D eigenvalue weighted by Gasteiger charge is 2.23. The molecule has 4 aromatic rings. The van der Waals surface area contributed by atoms with Crippen LogP contribution in [0.2, 0.25) is 0 Å². The van der Waals surface area contributed by atoms with Gasteiger partial charge >= 0.3 is 11.7 Å². The van der Waals surface area contributed by atoms with Gasteiger partial charge in [0.1, 0.15) is 17.2 Å². The molecular formula is C23H15F3N2O7S. The van der Waals surface area contributed by atoms with E-state index in [-0.39, 0.29) is 51.8 Å². The van der Waals surface area contributed by atoms with E-state index in [9.17, 15) is 28.3 Å². The number of H-pyrrole nitrogens is 1. The molecule has 0 amide bonds. The van der Waals surface area contributed by atoms with E-state index in [4.69, 9.17) is 14.2 Å². The molecular weight excluding hydrogens is 505 g/mol. The zero-order valence-corrected chi connectivity index (χ0v) is 18.9. The topological polar surface area (TPSA) is 120 Å². The summed E-state index contributed by atoms with van der Waals surface area (Å²) in [6.45, 7) is -0.388. The fraction of sp³-hybridized carbons (Fsp3) is 0.174. The number of aromatic amines is 1. The average molecular weight is 520 g/mol. The number of thiophene rings is 1. The average Bonchev–Trinajstić information content (AvgIpc) is 3.25. The Kier molecular flexibility index (Phi) is 5.92. The van der Waals surface area contributed by atoms with Crippen LogP contribution >= 0.6 is 11.3 Å². The van der Waals surface area contributed by atoms with Crippen LogP contribution in [0.15, 0.2) is 39.2 Å². The van der Waals surface area contributed by atoms with Crippen molar-refractivity contribution in [1.82, 2.24) is 9.55 Å². The lowest BCUT2D eigenvalue weighted by Crippen LogP contribution is -2.34. The number of halogens is 3. The second-order valence-corrected chi connectivity index (χ2v) is 8.54. The molecule has 0 atom stereocenters. The fourth-order valence-electron chi connectivity index (χ4n) is 3.75. The molecule has 9 nitrogen and oxygen atoms in total. The Hall–Kier alpha value is -4.26. The summed E-state index contributed by atoms with van der Waals surface area (Å²) in [5.74, 6) is -4.96. The summed E-state index contributed by atoms with van der Waals surface area (Å²) in [6.07, 6.45) is 0.313. The van der Waals surface area contributed by atoms with Gasteiger partial charge < -0.3 is 24.3 Å². The maximum absolute atomic E-state index is 15.2. The second-order valence-electron chi connectivity index (χ2n) is 7.66. The molecule has 0 bridgehead atoms. The number of carboxylic acids is 1. The first kappa shape index (κ1) is 23.5. The van der Waals surface area contributed by atoms with Crippen LogP contribution in [0.1, 0.15) is 21.7 Å². The first-order chi connectivity index (χ1) is 17.3. The maximum Gasteiger partial charge on any atom is 0.346 e. The number of hydrogen-bond donors (Lipinski definition) is 2. The molecule has 0 radical (unpaired) electrons. The third kappa shape index (κ3) is 3.96. The molecule has 2 aromatic heterocycles. The molecule has 36 heavy (non-hydrogen) atoms. The zero-order chi connectivity index (χ0) is 25.6. The van der Waals surface area contributed by atoms with Crippen LogP contribution in [0.4, 0.5) is 13.2 Å². The smallest absolute Gasteiger partial charge is 0.346 e. The van der Waals surface area contributed by atoms with Crippen LogP contribution in [-0.4, -0.2) is 33.8 Å². The summed E-state index contributed by atoms with van der Waals surface area (Å²) in [6, 6.07) is 4.04. The van der Waals surface area contributed by atoms with Crippen LogP contribution in [0, 0.1) is 17.5 Å². The lowest BCUT2D eigenvalue weighted by molar-refractivity contribution is 0.0704. The van der Waals surface area contributed by atoms with E-state index < -0.39 is 47.0 Å². The number of ether oxygens (including phenoxy) is 3. The molecule has 5 rings (SSSR count). The first-order valence-electron chi connectivity index (χ1n) is 10.4. The van der Waals surface area contributed by atoms with Gasteiger partial charge in [0.05, 0.1) is 35.4 Å². The van der Waals surface area contributed by atoms with E-state index in [0.29, 0.717) is 11.0 Å². The highest BCUT2D eigenvalue weighted by Crippen LogP contribution is 2.34. The third-order valence-electron chi connectivity index (χ3n) is 5.43. The number of fused-ring (bicyclic) bond motifs is 3. The Morgan fingerprint density at radius 1 is 1.00 bits per heavy atom. The van der Waals surface area contributed by atoms with Crippen molar-refractivity contribution in [2.75, 3.05) is 13.2 Å². The van der Waals surface area contributed by atoms with Gasteiger partial charge in [0, 0.05) is 23.9 Å². The Labute approximate surface area is 202 Å². The molecule has 186 valence electrons. The minimum atomic E-state index is -1.39. The van der Waals surface area contributed by atoms with Gasteiger partial charge in [0.15, 0.2) is 29.0 Å². The highest BCUT2D eigenvalue weighted by molar-refractivity contribution is 7.13. The van der Waals surface area contributed by atoms with Gasteiger partial charge in [-0.25, -0.2) is 27.3 Å². The number of nitrogens with zero attached hydrogens (tertiary/aromatic N) is 1. The molecule has 0 saturated carbocycles. The van der Waals surface area contributed by atoms with E-state index in [2.05, 4.69) is 4.98 Å². The van der Waals surface area contributed by atoms with Crippen molar-refractivity contribution in [2.45, 2.75) is 13.0 Å². The SMILES string of the molecule is O=C(O)c1scc2[nH]c(=O)n(-c3cc4c(cc3F)OCCCOc3ccc(F)c(F)c3CO4)c(=O)c12. The second kappa shape index (κ2) is 9.07. The van der Waals surface area contributed by atoms with Crippen LogP contribution in [0.5, 0.6) is 17.2 Å². The largest absolute Gasteiger partial charge is 0.493 e.